The molecule has 10 aliphatic carbocycles. The van der Waals surface area contributed by atoms with Crippen molar-refractivity contribution in [2.75, 3.05) is 13.7 Å². The van der Waals surface area contributed by atoms with Crippen LogP contribution in [0.5, 0.6) is 0 Å². The number of carbonyl (C=O) groups excluding carboxylic acids is 2. The fourth-order valence-electron chi connectivity index (χ4n) is 24.1. The van der Waals surface area contributed by atoms with Gasteiger partial charge in [0.05, 0.1) is 42.0 Å². The average Bonchev–Trinajstić information content (AvgIpc) is 1.36. The Bertz CT molecular complexity index is 3110. The van der Waals surface area contributed by atoms with Crippen LogP contribution >= 0.6 is 0 Å². The minimum Gasteiger partial charge on any atom is -0.454 e. The molecule has 13 aliphatic rings. The number of hydrogen-bond acceptors (Lipinski definition) is 10. The molecule has 1 saturated heterocycles. The number of fused-ring (bicyclic) bond motifs is 13. The van der Waals surface area contributed by atoms with Gasteiger partial charge in [-0.05, 0) is 229 Å². The van der Waals surface area contributed by atoms with Crippen molar-refractivity contribution in [2.45, 2.75) is 196 Å². The molecular formula is C72H89NO9. The number of aliphatic hydroxyl groups is 5. The molecule has 3 heterocycles. The molecule has 0 unspecified atom stereocenters. The third-order valence-corrected chi connectivity index (χ3v) is 27.3. The second kappa shape index (κ2) is 19.7. The molecule has 2 spiro atoms. The van der Waals surface area contributed by atoms with Crippen molar-refractivity contribution >= 4 is 12.3 Å². The fraction of sp³-hybridized carbons (Fsp3) is 0.667. The van der Waals surface area contributed by atoms with Gasteiger partial charge in [0.15, 0.2) is 0 Å². The number of aryl methyl sites for hydroxylation is 1. The highest BCUT2D eigenvalue weighted by Gasteiger charge is 2.87. The van der Waals surface area contributed by atoms with Gasteiger partial charge < -0.3 is 45.1 Å². The number of aldehydes is 1. The number of rotatable bonds is 7. The van der Waals surface area contributed by atoms with Gasteiger partial charge in [0.2, 0.25) is 0 Å². The average molecular weight is 1110 g/mol. The number of nitrogens with one attached hydrogen (secondary N) is 1. The van der Waals surface area contributed by atoms with Crippen molar-refractivity contribution in [1.82, 2.24) is 5.32 Å². The number of ether oxygens (including phenoxy) is 2. The Hall–Kier alpha value is -4.18. The van der Waals surface area contributed by atoms with Gasteiger partial charge in [0.25, 0.3) is 0 Å². The predicted octanol–water partition coefficient (Wildman–Crippen LogP) is 9.59. The summed E-state index contributed by atoms with van der Waals surface area (Å²) < 4.78 is 14.3. The van der Waals surface area contributed by atoms with E-state index in [-0.39, 0.29) is 73.9 Å². The maximum absolute atomic E-state index is 15.7. The first-order valence-corrected chi connectivity index (χ1v) is 32.5. The highest BCUT2D eigenvalue weighted by atomic mass is 16.5. The zero-order chi connectivity index (χ0) is 56.2. The van der Waals surface area contributed by atoms with Gasteiger partial charge in [-0.15, -0.1) is 0 Å². The summed E-state index contributed by atoms with van der Waals surface area (Å²) in [7, 11) is 1.93. The SMILES string of the molecule is CN[C@H]1Cc2c(cccc2CO)C#CCC[C@]23CC[C@H]4[C@@](O)(C[C@H]5C[C@H]6CC[C@H]7[C@H]8O[C@@H](Cc9cccc(c9)C[C@@H]9CC[C@H](C9)[C@H]6C)C[C@@H]6C[C@@H](CCc9ccccc9)C[C@@]68C[C@@]4(C=O)[C@]57O)[C@@]2(O)C[C@@H]2C[C@@H]1[C@@H]1OC(=O)C=C1[C@@]23CO. The molecule has 3 aromatic carbocycles. The van der Waals surface area contributed by atoms with Gasteiger partial charge in [-0.3, -0.25) is 0 Å². The Morgan fingerprint density at radius 2 is 1.61 bits per heavy atom. The minimum absolute atomic E-state index is 0.0311. The molecule has 82 heavy (non-hydrogen) atoms. The Balaban J connectivity index is 0.907. The summed E-state index contributed by atoms with van der Waals surface area (Å²) >= 11 is 0. The number of esters is 1. The summed E-state index contributed by atoms with van der Waals surface area (Å²) in [6, 6.07) is 25.8. The van der Waals surface area contributed by atoms with Crippen molar-refractivity contribution in [3.63, 3.8) is 0 Å². The summed E-state index contributed by atoms with van der Waals surface area (Å²) in [5.41, 5.74) is -2.01. The molecule has 0 amide bonds. The van der Waals surface area contributed by atoms with Crippen LogP contribution in [0.25, 0.3) is 0 Å². The monoisotopic (exact) mass is 1110 g/mol. The molecule has 436 valence electrons. The number of hydrogen-bond donors (Lipinski definition) is 6. The van der Waals surface area contributed by atoms with Crippen molar-refractivity contribution in [1.29, 1.82) is 0 Å². The lowest BCUT2D eigenvalue weighted by Crippen LogP contribution is -2.83. The van der Waals surface area contributed by atoms with Crippen LogP contribution < -0.4 is 5.32 Å². The van der Waals surface area contributed by atoms with E-state index in [2.05, 4.69) is 78.7 Å². The van der Waals surface area contributed by atoms with E-state index in [0.29, 0.717) is 75.0 Å². The van der Waals surface area contributed by atoms with Gasteiger partial charge in [0.1, 0.15) is 18.0 Å². The molecule has 10 heteroatoms. The van der Waals surface area contributed by atoms with E-state index in [1.807, 2.05) is 25.2 Å². The highest BCUT2D eigenvalue weighted by Crippen LogP contribution is 2.83. The fourth-order valence-corrected chi connectivity index (χ4v) is 24.1. The Kier molecular flexibility index (Phi) is 13.1. The lowest BCUT2D eigenvalue weighted by molar-refractivity contribution is -0.369. The van der Waals surface area contributed by atoms with Gasteiger partial charge in [0, 0.05) is 58.1 Å². The van der Waals surface area contributed by atoms with Crippen LogP contribution in [0.3, 0.4) is 0 Å². The number of aliphatic hydroxyl groups excluding tert-OH is 2. The normalized spacial score (nSPS) is 47.4. The molecule has 3 aliphatic heterocycles. The quantitative estimate of drug-likeness (QED) is 0.0763. The second-order valence-corrected chi connectivity index (χ2v) is 29.8. The summed E-state index contributed by atoms with van der Waals surface area (Å²) in [4.78, 5) is 29.8. The maximum Gasteiger partial charge on any atom is 0.331 e. The van der Waals surface area contributed by atoms with Crippen LogP contribution in [0.2, 0.25) is 0 Å². The van der Waals surface area contributed by atoms with Crippen molar-refractivity contribution < 1.29 is 44.6 Å². The Morgan fingerprint density at radius 3 is 2.41 bits per heavy atom. The van der Waals surface area contributed by atoms with E-state index in [0.717, 1.165) is 86.3 Å². The maximum atomic E-state index is 15.7. The second-order valence-electron chi connectivity index (χ2n) is 29.8. The van der Waals surface area contributed by atoms with E-state index in [9.17, 15) is 15.0 Å². The topological polar surface area (TPSA) is 166 Å². The summed E-state index contributed by atoms with van der Waals surface area (Å²) in [6.45, 7) is 2.00. The molecule has 10 nitrogen and oxygen atoms in total. The number of likely N-dealkylation sites (N-methyl/N-ethyl adjacent to an activating group) is 1. The molecule has 16 rings (SSSR count). The minimum atomic E-state index is -1.86. The first-order valence-electron chi connectivity index (χ1n) is 32.5. The smallest absolute Gasteiger partial charge is 0.331 e. The van der Waals surface area contributed by atoms with Crippen molar-refractivity contribution in [3.05, 3.63) is 118 Å². The number of carbonyl (C=O) groups is 2. The van der Waals surface area contributed by atoms with E-state index < -0.39 is 62.4 Å². The van der Waals surface area contributed by atoms with E-state index in [1.54, 1.807) is 6.08 Å². The molecule has 9 fully saturated rings. The molecule has 8 saturated carbocycles. The van der Waals surface area contributed by atoms with Crippen molar-refractivity contribution in [2.24, 2.45) is 86.8 Å². The third kappa shape index (κ3) is 7.38. The Labute approximate surface area is 486 Å². The van der Waals surface area contributed by atoms with E-state index in [4.69, 9.17) is 9.47 Å². The predicted molar refractivity (Wildman–Crippen MR) is 311 cm³/mol. The van der Waals surface area contributed by atoms with Gasteiger partial charge in [-0.1, -0.05) is 85.5 Å². The van der Waals surface area contributed by atoms with Gasteiger partial charge >= 0.3 is 5.97 Å². The van der Waals surface area contributed by atoms with Crippen LogP contribution in [0, 0.1) is 98.6 Å². The van der Waals surface area contributed by atoms with Crippen LogP contribution in [-0.4, -0.2) is 92.6 Å². The summed E-state index contributed by atoms with van der Waals surface area (Å²) in [5, 5.41) is 72.3. The molecule has 3 aromatic rings. The largest absolute Gasteiger partial charge is 0.454 e. The summed E-state index contributed by atoms with van der Waals surface area (Å²) in [5.74, 6) is 6.71. The molecule has 0 aromatic heterocycles. The first-order chi connectivity index (χ1) is 39.7. The van der Waals surface area contributed by atoms with Crippen LogP contribution in [-0.2, 0) is 51.4 Å². The molecular weight excluding hydrogens is 1020 g/mol. The number of benzene rings is 3. The standard InChI is InChI=1S/C72H89NO9/c1-43-50-20-19-47(28-50)27-45-12-8-13-46(26-45)30-56-32-53-29-48(18-17-44-10-4-3-5-11-44)36-66(53)40-67(41-75)62-23-25-68-24-7-6-14-49-15-9-16-52(39-74)57(49)34-61(73-2)58-33-54(69(68,42-76)60-35-63(77)82-64(58)60)38-71(68,79)70(62,78)37-55-31-51(43)21-22-59(65(66)81-56)72(55,67)80/h3-5,8-13,15-16,26,35,41,43,47-48,50-51,53-56,58-59,61-62,64-65,73-74,76,78-80H,7,17-25,27-34,36-40,42H2,1-2H3/t43-,47+,48-,50-,51-,53+,54+,55-,56+,58+,59+,61+,62-,64+,65-,66-,67+,68-,69-,70+,71-,72+/m1/s1. The van der Waals surface area contributed by atoms with E-state index >= 15 is 20.1 Å². The molecule has 12 bridgehead atoms. The van der Waals surface area contributed by atoms with E-state index in [1.165, 1.54) is 36.0 Å². The van der Waals surface area contributed by atoms with Crippen molar-refractivity contribution in [3.8, 4) is 11.8 Å². The molecule has 22 atom stereocenters. The first kappa shape index (κ1) is 54.5. The molecule has 0 radical (unpaired) electrons. The molecule has 6 N–H and O–H groups in total. The van der Waals surface area contributed by atoms with Crippen LogP contribution in [0.1, 0.15) is 156 Å². The van der Waals surface area contributed by atoms with Gasteiger partial charge in [-0.2, -0.15) is 0 Å². The highest BCUT2D eigenvalue weighted by molar-refractivity contribution is 5.87. The zero-order valence-electron chi connectivity index (χ0n) is 48.6. The lowest BCUT2D eigenvalue weighted by Gasteiger charge is -2.75. The lowest BCUT2D eigenvalue weighted by atomic mass is 9.32. The van der Waals surface area contributed by atoms with Gasteiger partial charge in [-0.25, -0.2) is 4.79 Å². The zero-order valence-corrected chi connectivity index (χ0v) is 48.6. The van der Waals surface area contributed by atoms with Crippen LogP contribution in [0.4, 0.5) is 0 Å². The summed E-state index contributed by atoms with van der Waals surface area (Å²) in [6.07, 6.45) is 17.7. The van der Waals surface area contributed by atoms with Crippen LogP contribution in [0.15, 0.2) is 84.4 Å². The Morgan fingerprint density at radius 1 is 0.805 bits per heavy atom. The third-order valence-electron chi connectivity index (χ3n) is 27.3.